The first-order valence-corrected chi connectivity index (χ1v) is 8.66. The number of hydrogen-bond donors (Lipinski definition) is 0. The third kappa shape index (κ3) is 10.9. The van der Waals surface area contributed by atoms with E-state index in [4.69, 9.17) is 0 Å². The molecule has 1 unspecified atom stereocenters. The smallest absolute Gasteiger partial charge is 0.00441 e. The van der Waals surface area contributed by atoms with Crippen LogP contribution in [0.5, 0.6) is 0 Å². The van der Waals surface area contributed by atoms with Crippen molar-refractivity contribution in [2.45, 2.75) is 89.7 Å². The van der Waals surface area contributed by atoms with Gasteiger partial charge in [-0.15, -0.1) is 0 Å². The van der Waals surface area contributed by atoms with Gasteiger partial charge in [0.25, 0.3) is 0 Å². The van der Waals surface area contributed by atoms with E-state index in [0.717, 1.165) is 5.25 Å². The molecule has 0 radical (unpaired) electrons. The number of thioether (sulfide) groups is 1. The number of unbranched alkanes of at least 4 members (excludes halogenated alkanes) is 7. The Kier molecular flexibility index (Phi) is 13.7. The Labute approximate surface area is 108 Å². The van der Waals surface area contributed by atoms with Crippen molar-refractivity contribution in [2.24, 2.45) is 0 Å². The van der Waals surface area contributed by atoms with Crippen molar-refractivity contribution in [1.29, 1.82) is 0 Å². The van der Waals surface area contributed by atoms with Gasteiger partial charge in [0.2, 0.25) is 0 Å². The molecule has 0 aromatic rings. The second kappa shape index (κ2) is 13.4. The highest BCUT2D eigenvalue weighted by atomic mass is 32.2. The monoisotopic (exact) mass is 244 g/mol. The fraction of sp³-hybridized carbons (Fsp3) is 1.00. The van der Waals surface area contributed by atoms with Crippen LogP contribution in [0.15, 0.2) is 0 Å². The summed E-state index contributed by atoms with van der Waals surface area (Å²) in [7, 11) is 0. The first-order valence-electron chi connectivity index (χ1n) is 7.37. The Morgan fingerprint density at radius 1 is 0.688 bits per heavy atom. The van der Waals surface area contributed by atoms with E-state index in [-0.39, 0.29) is 0 Å². The summed E-state index contributed by atoms with van der Waals surface area (Å²) in [6, 6.07) is 0. The molecule has 1 heteroatoms. The zero-order valence-electron chi connectivity index (χ0n) is 11.8. The molecule has 0 heterocycles. The molecule has 0 aliphatic heterocycles. The Hall–Kier alpha value is 0.350. The average Bonchev–Trinajstić information content (AvgIpc) is 2.31. The van der Waals surface area contributed by atoms with Crippen molar-refractivity contribution in [1.82, 2.24) is 0 Å². The van der Waals surface area contributed by atoms with Gasteiger partial charge < -0.3 is 0 Å². The maximum absolute atomic E-state index is 2.30. The molecule has 16 heavy (non-hydrogen) atoms. The van der Waals surface area contributed by atoms with Crippen LogP contribution in [-0.4, -0.2) is 11.5 Å². The van der Waals surface area contributed by atoms with Gasteiger partial charge in [0.1, 0.15) is 0 Å². The van der Waals surface area contributed by atoms with Crippen LogP contribution in [-0.2, 0) is 0 Å². The standard InChI is InChI=1S/C15H32S/c1-4-6-7-8-9-10-11-12-14-15(16-3)13-5-2/h15H,4-14H2,1-3H3. The van der Waals surface area contributed by atoms with Crippen LogP contribution >= 0.6 is 11.8 Å². The molecular formula is C15H32S. The zero-order valence-corrected chi connectivity index (χ0v) is 12.6. The van der Waals surface area contributed by atoms with E-state index in [1.54, 1.807) is 0 Å². The van der Waals surface area contributed by atoms with Crippen molar-refractivity contribution in [3.8, 4) is 0 Å². The minimum atomic E-state index is 0.935. The van der Waals surface area contributed by atoms with Gasteiger partial charge >= 0.3 is 0 Å². The van der Waals surface area contributed by atoms with Crippen LogP contribution in [0.25, 0.3) is 0 Å². The van der Waals surface area contributed by atoms with Crippen LogP contribution in [0.4, 0.5) is 0 Å². The summed E-state index contributed by atoms with van der Waals surface area (Å²) in [6.45, 7) is 4.59. The molecule has 0 amide bonds. The molecule has 0 saturated carbocycles. The third-order valence-corrected chi connectivity index (χ3v) is 4.46. The summed E-state index contributed by atoms with van der Waals surface area (Å²) < 4.78 is 0. The summed E-state index contributed by atoms with van der Waals surface area (Å²) >= 11 is 2.07. The van der Waals surface area contributed by atoms with E-state index >= 15 is 0 Å². The molecule has 0 bridgehead atoms. The molecule has 0 saturated heterocycles. The molecule has 0 rings (SSSR count). The Balaban J connectivity index is 3.12. The van der Waals surface area contributed by atoms with Gasteiger partial charge in [-0.2, -0.15) is 11.8 Å². The van der Waals surface area contributed by atoms with E-state index in [1.807, 2.05) is 0 Å². The second-order valence-electron chi connectivity index (χ2n) is 4.91. The van der Waals surface area contributed by atoms with Crippen molar-refractivity contribution in [2.75, 3.05) is 6.26 Å². The van der Waals surface area contributed by atoms with Crippen LogP contribution in [0.3, 0.4) is 0 Å². The van der Waals surface area contributed by atoms with Crippen molar-refractivity contribution < 1.29 is 0 Å². The van der Waals surface area contributed by atoms with Crippen LogP contribution in [0, 0.1) is 0 Å². The summed E-state index contributed by atoms with van der Waals surface area (Å²) in [4.78, 5) is 0. The maximum atomic E-state index is 2.30. The second-order valence-corrected chi connectivity index (χ2v) is 6.05. The Morgan fingerprint density at radius 2 is 1.25 bits per heavy atom. The molecule has 0 aliphatic carbocycles. The van der Waals surface area contributed by atoms with Crippen molar-refractivity contribution in [3.63, 3.8) is 0 Å². The Bertz CT molecular complexity index is 123. The first-order chi connectivity index (χ1) is 7.85. The molecule has 0 fully saturated rings. The van der Waals surface area contributed by atoms with Gasteiger partial charge in [-0.25, -0.2) is 0 Å². The summed E-state index contributed by atoms with van der Waals surface area (Å²) in [5.74, 6) is 0. The Morgan fingerprint density at radius 3 is 1.75 bits per heavy atom. The summed E-state index contributed by atoms with van der Waals surface area (Å²) in [5, 5.41) is 0.935. The van der Waals surface area contributed by atoms with Crippen LogP contribution in [0.2, 0.25) is 0 Å². The first kappa shape index (κ1) is 16.4. The molecular weight excluding hydrogens is 212 g/mol. The molecule has 0 N–H and O–H groups in total. The van der Waals surface area contributed by atoms with E-state index in [0.29, 0.717) is 0 Å². The predicted octanol–water partition coefficient (Wildman–Crippen LogP) is 6.05. The lowest BCUT2D eigenvalue weighted by atomic mass is 10.1. The summed E-state index contributed by atoms with van der Waals surface area (Å²) in [5.41, 5.74) is 0. The van der Waals surface area contributed by atoms with Gasteiger partial charge in [0.05, 0.1) is 0 Å². The highest BCUT2D eigenvalue weighted by molar-refractivity contribution is 7.99. The number of rotatable bonds is 12. The van der Waals surface area contributed by atoms with Crippen molar-refractivity contribution in [3.05, 3.63) is 0 Å². The van der Waals surface area contributed by atoms with Crippen molar-refractivity contribution >= 4 is 11.8 Å². The lowest BCUT2D eigenvalue weighted by Gasteiger charge is -2.12. The zero-order chi connectivity index (χ0) is 12.1. The summed E-state index contributed by atoms with van der Waals surface area (Å²) in [6.07, 6.45) is 18.1. The topological polar surface area (TPSA) is 0 Å². The molecule has 1 atom stereocenters. The molecule has 0 aliphatic rings. The lowest BCUT2D eigenvalue weighted by Crippen LogP contribution is -2.00. The minimum Gasteiger partial charge on any atom is -0.162 e. The van der Waals surface area contributed by atoms with Crippen LogP contribution < -0.4 is 0 Å². The van der Waals surface area contributed by atoms with E-state index in [1.165, 1.54) is 70.6 Å². The quantitative estimate of drug-likeness (QED) is 0.377. The average molecular weight is 244 g/mol. The normalized spacial score (nSPS) is 12.9. The largest absolute Gasteiger partial charge is 0.162 e. The van der Waals surface area contributed by atoms with Gasteiger partial charge in [-0.3, -0.25) is 0 Å². The van der Waals surface area contributed by atoms with E-state index < -0.39 is 0 Å². The fourth-order valence-electron chi connectivity index (χ4n) is 2.21. The number of hydrogen-bond acceptors (Lipinski definition) is 1. The molecule has 0 nitrogen and oxygen atoms in total. The molecule has 0 spiro atoms. The maximum Gasteiger partial charge on any atom is 0.00441 e. The highest BCUT2D eigenvalue weighted by Crippen LogP contribution is 2.20. The van der Waals surface area contributed by atoms with Gasteiger partial charge in [0, 0.05) is 5.25 Å². The van der Waals surface area contributed by atoms with E-state index in [2.05, 4.69) is 31.9 Å². The van der Waals surface area contributed by atoms with E-state index in [9.17, 15) is 0 Å². The molecule has 98 valence electrons. The van der Waals surface area contributed by atoms with Crippen LogP contribution in [0.1, 0.15) is 84.5 Å². The SMILES string of the molecule is CCCCCCCCCCC(CCC)SC. The fourth-order valence-corrected chi connectivity index (χ4v) is 3.08. The third-order valence-electron chi connectivity index (χ3n) is 3.32. The predicted molar refractivity (Wildman–Crippen MR) is 79.4 cm³/mol. The van der Waals surface area contributed by atoms with Gasteiger partial charge in [-0.1, -0.05) is 71.6 Å². The lowest BCUT2D eigenvalue weighted by molar-refractivity contribution is 0.553. The highest BCUT2D eigenvalue weighted by Gasteiger charge is 2.04. The van der Waals surface area contributed by atoms with Gasteiger partial charge in [-0.05, 0) is 19.1 Å². The van der Waals surface area contributed by atoms with Gasteiger partial charge in [0.15, 0.2) is 0 Å². The minimum absolute atomic E-state index is 0.935. The molecule has 0 aromatic carbocycles. The molecule has 0 aromatic heterocycles.